The van der Waals surface area contributed by atoms with E-state index in [9.17, 15) is 31.5 Å². The first kappa shape index (κ1) is 29.5. The molecule has 0 aliphatic carbocycles. The number of hydrogen-bond donors (Lipinski definition) is 4. The molecule has 2 aliphatic heterocycles. The number of carbonyl (C=O) groups is 1. The van der Waals surface area contributed by atoms with Crippen LogP contribution in [0.15, 0.2) is 59.5 Å². The predicted octanol–water partition coefficient (Wildman–Crippen LogP) is 3.09. The minimum absolute atomic E-state index is 0.0803. The molecule has 15 heteroatoms. The van der Waals surface area contributed by atoms with Crippen molar-refractivity contribution in [3.05, 3.63) is 60.2 Å². The minimum Gasteiger partial charge on any atom is -0.480 e. The maximum Gasteiger partial charge on any atom is 0.429 e. The predicted molar refractivity (Wildman–Crippen MR) is 147 cm³/mol. The van der Waals surface area contributed by atoms with Gasteiger partial charge < -0.3 is 25.8 Å². The van der Waals surface area contributed by atoms with Crippen molar-refractivity contribution in [2.45, 2.75) is 42.5 Å². The van der Waals surface area contributed by atoms with Crippen molar-refractivity contribution >= 4 is 27.8 Å². The Bertz CT molecular complexity index is 1560. The molecule has 0 radical (unpaired) electrons. The van der Waals surface area contributed by atoms with Gasteiger partial charge in [-0.2, -0.15) is 23.1 Å². The van der Waals surface area contributed by atoms with Gasteiger partial charge in [-0.15, -0.1) is 0 Å². The fourth-order valence-corrected chi connectivity index (χ4v) is 5.98. The molecule has 0 bridgehead atoms. The van der Waals surface area contributed by atoms with Gasteiger partial charge in [0.1, 0.15) is 11.9 Å². The molecule has 42 heavy (non-hydrogen) atoms. The number of alkyl halides is 3. The number of carboxylic acid groups (broad SMARTS) is 1. The number of aromatic nitrogens is 2. The second-order valence-corrected chi connectivity index (χ2v) is 12.2. The van der Waals surface area contributed by atoms with Gasteiger partial charge in [0.2, 0.25) is 28.0 Å². The van der Waals surface area contributed by atoms with Crippen LogP contribution in [0.4, 0.5) is 24.9 Å². The van der Waals surface area contributed by atoms with Crippen molar-refractivity contribution in [1.29, 1.82) is 0 Å². The third-order valence-electron chi connectivity index (χ3n) is 7.78. The quantitative estimate of drug-likeness (QED) is 0.313. The third-order valence-corrected chi connectivity index (χ3v) is 8.71. The highest BCUT2D eigenvalue weighted by atomic mass is 32.2. The average molecular weight is 607 g/mol. The molecule has 2 aromatic carbocycles. The summed E-state index contributed by atoms with van der Waals surface area (Å²) in [5, 5.41) is 17.5. The zero-order chi connectivity index (χ0) is 30.3. The Morgan fingerprint density at radius 1 is 1.07 bits per heavy atom. The maximum atomic E-state index is 14.2. The Balaban J connectivity index is 1.32. The lowest BCUT2D eigenvalue weighted by Gasteiger charge is -2.39. The van der Waals surface area contributed by atoms with Gasteiger partial charge in [-0.25, -0.2) is 13.6 Å². The Labute approximate surface area is 239 Å². The van der Waals surface area contributed by atoms with Crippen molar-refractivity contribution in [2.24, 2.45) is 10.6 Å². The third kappa shape index (κ3) is 6.42. The summed E-state index contributed by atoms with van der Waals surface area (Å²) in [6, 6.07) is 11.9. The van der Waals surface area contributed by atoms with Crippen molar-refractivity contribution in [1.82, 2.24) is 15.3 Å². The van der Waals surface area contributed by atoms with E-state index in [1.54, 1.807) is 0 Å². The summed E-state index contributed by atoms with van der Waals surface area (Å²) in [4.78, 5) is 21.2. The number of piperidine rings is 1. The summed E-state index contributed by atoms with van der Waals surface area (Å²) < 4.78 is 70.8. The Kier molecular flexibility index (Phi) is 7.76. The summed E-state index contributed by atoms with van der Waals surface area (Å²) in [5.41, 5.74) is 6.66. The van der Waals surface area contributed by atoms with Gasteiger partial charge in [0.15, 0.2) is 0 Å². The number of benzene rings is 2. The Hall–Kier alpha value is -3.95. The van der Waals surface area contributed by atoms with E-state index < -0.39 is 34.3 Å². The van der Waals surface area contributed by atoms with Crippen LogP contribution >= 0.6 is 0 Å². The van der Waals surface area contributed by atoms with E-state index >= 15 is 0 Å². The highest BCUT2D eigenvalue weighted by molar-refractivity contribution is 7.89. The van der Waals surface area contributed by atoms with Crippen LogP contribution in [-0.4, -0.2) is 61.3 Å². The summed E-state index contributed by atoms with van der Waals surface area (Å²) in [6.45, 7) is 1.63. The monoisotopic (exact) mass is 606 g/mol. The zero-order valence-corrected chi connectivity index (χ0v) is 23.0. The lowest BCUT2D eigenvalue weighted by atomic mass is 9.76. The summed E-state index contributed by atoms with van der Waals surface area (Å²) >= 11 is 0. The number of rotatable bonds is 7. The summed E-state index contributed by atoms with van der Waals surface area (Å²) in [6.07, 6.45) is -5.24. The number of sulfonamides is 1. The van der Waals surface area contributed by atoms with E-state index in [1.165, 1.54) is 54.6 Å². The standard InChI is InChI=1S/C27H29F3N6O5S/c28-27(29,30)23(18-3-1-16(2-4-18)17-5-7-19(8-6-17)42(32,39)40)41-22-13-21(34-25(31)35-22)36-11-9-26(10-12-36)14-20(24(37)38)33-15-26/h1-8,13,20,23,33H,9-12,14-15H2,(H,37,38)(H2,31,34,35)(H2,32,39,40). The molecule has 0 amide bonds. The second kappa shape index (κ2) is 11.0. The molecule has 2 fully saturated rings. The highest BCUT2D eigenvalue weighted by Crippen LogP contribution is 2.41. The van der Waals surface area contributed by atoms with Gasteiger partial charge in [-0.1, -0.05) is 36.4 Å². The van der Waals surface area contributed by atoms with Gasteiger partial charge in [0, 0.05) is 31.3 Å². The van der Waals surface area contributed by atoms with Crippen molar-refractivity contribution in [3.8, 4) is 17.0 Å². The first-order valence-electron chi connectivity index (χ1n) is 13.0. The van der Waals surface area contributed by atoms with Gasteiger partial charge in [0.05, 0.1) is 4.90 Å². The van der Waals surface area contributed by atoms with E-state index in [-0.39, 0.29) is 27.7 Å². The smallest absolute Gasteiger partial charge is 0.429 e. The minimum atomic E-state index is -4.79. The van der Waals surface area contributed by atoms with Crippen LogP contribution in [0.2, 0.25) is 0 Å². The fraction of sp³-hybridized carbons (Fsp3) is 0.370. The van der Waals surface area contributed by atoms with E-state index in [2.05, 4.69) is 15.3 Å². The molecule has 2 aliphatic rings. The molecule has 11 nitrogen and oxygen atoms in total. The van der Waals surface area contributed by atoms with Crippen LogP contribution in [0, 0.1) is 5.41 Å². The zero-order valence-electron chi connectivity index (χ0n) is 22.2. The molecular weight excluding hydrogens is 577 g/mol. The largest absolute Gasteiger partial charge is 0.480 e. The second-order valence-electron chi connectivity index (χ2n) is 10.6. The molecule has 2 atom stereocenters. The number of ether oxygens (including phenoxy) is 1. The molecule has 1 spiro atoms. The number of carboxylic acids is 1. The average Bonchev–Trinajstić information content (AvgIpc) is 3.35. The van der Waals surface area contributed by atoms with Crippen LogP contribution in [0.25, 0.3) is 11.1 Å². The molecule has 224 valence electrons. The highest BCUT2D eigenvalue weighted by Gasteiger charge is 2.45. The van der Waals surface area contributed by atoms with Gasteiger partial charge in [0.25, 0.3) is 0 Å². The SMILES string of the molecule is Nc1nc(OC(c2ccc(-c3ccc(S(N)(=O)=O)cc3)cc2)C(F)(F)F)cc(N2CCC3(CC2)CNC(C(=O)O)C3)n1. The molecular formula is C27H29F3N6O5S. The number of halogens is 3. The number of hydrogen-bond acceptors (Lipinski definition) is 9. The van der Waals surface area contributed by atoms with E-state index in [4.69, 9.17) is 15.6 Å². The van der Waals surface area contributed by atoms with Crippen LogP contribution < -0.4 is 25.8 Å². The van der Waals surface area contributed by atoms with Crippen molar-refractivity contribution in [2.75, 3.05) is 30.3 Å². The first-order chi connectivity index (χ1) is 19.7. The molecule has 3 heterocycles. The van der Waals surface area contributed by atoms with Crippen LogP contribution in [-0.2, 0) is 14.8 Å². The lowest BCUT2D eigenvalue weighted by Crippen LogP contribution is -2.41. The molecule has 6 N–H and O–H groups in total. The van der Waals surface area contributed by atoms with Gasteiger partial charge in [-0.3, -0.25) is 4.79 Å². The normalized spacial score (nSPS) is 19.5. The van der Waals surface area contributed by atoms with Gasteiger partial charge >= 0.3 is 12.1 Å². The number of nitrogens with zero attached hydrogens (tertiary/aromatic N) is 3. The van der Waals surface area contributed by atoms with Crippen molar-refractivity contribution < 1.29 is 36.2 Å². The fourth-order valence-electron chi connectivity index (χ4n) is 5.47. The number of aliphatic carboxylic acids is 1. The number of nitrogen functional groups attached to an aromatic ring is 1. The number of nitrogens with one attached hydrogen (secondary N) is 1. The van der Waals surface area contributed by atoms with E-state index in [0.29, 0.717) is 55.8 Å². The van der Waals surface area contributed by atoms with Crippen LogP contribution in [0.1, 0.15) is 30.9 Å². The van der Waals surface area contributed by atoms with E-state index in [0.717, 1.165) is 0 Å². The topological polar surface area (TPSA) is 174 Å². The summed E-state index contributed by atoms with van der Waals surface area (Å²) in [5.74, 6) is -1.13. The first-order valence-corrected chi connectivity index (χ1v) is 14.6. The van der Waals surface area contributed by atoms with Gasteiger partial charge in [-0.05, 0) is 47.9 Å². The van der Waals surface area contributed by atoms with E-state index in [1.807, 2.05) is 4.90 Å². The molecule has 0 saturated carbocycles. The summed E-state index contributed by atoms with van der Waals surface area (Å²) in [7, 11) is -3.88. The molecule has 5 rings (SSSR count). The molecule has 3 aromatic rings. The lowest BCUT2D eigenvalue weighted by molar-refractivity contribution is -0.198. The number of anilines is 2. The van der Waals surface area contributed by atoms with Crippen LogP contribution in [0.3, 0.4) is 0 Å². The molecule has 2 saturated heterocycles. The maximum absolute atomic E-state index is 14.2. The molecule has 1 aromatic heterocycles. The molecule has 2 unspecified atom stereocenters. The number of primary sulfonamides is 1. The number of nitrogens with two attached hydrogens (primary N) is 2. The van der Waals surface area contributed by atoms with Crippen molar-refractivity contribution in [3.63, 3.8) is 0 Å². The van der Waals surface area contributed by atoms with Crippen LogP contribution in [0.5, 0.6) is 5.88 Å². The Morgan fingerprint density at radius 3 is 2.19 bits per heavy atom. The Morgan fingerprint density at radius 2 is 1.67 bits per heavy atom.